The first kappa shape index (κ1) is 11.5. The molecule has 0 aliphatic carbocycles. The van der Waals surface area contributed by atoms with Crippen molar-refractivity contribution < 1.29 is 0 Å². The van der Waals surface area contributed by atoms with Crippen LogP contribution in [0.4, 0.5) is 0 Å². The predicted molar refractivity (Wildman–Crippen MR) is 78.0 cm³/mol. The first-order valence-electron chi connectivity index (χ1n) is 6.21. The van der Waals surface area contributed by atoms with Crippen LogP contribution in [0.2, 0.25) is 0 Å². The van der Waals surface area contributed by atoms with E-state index in [2.05, 4.69) is 52.1 Å². The van der Waals surface area contributed by atoms with Crippen LogP contribution in [0.3, 0.4) is 0 Å². The van der Waals surface area contributed by atoms with Crippen LogP contribution >= 0.6 is 11.3 Å². The van der Waals surface area contributed by atoms with Gasteiger partial charge in [0.15, 0.2) is 0 Å². The first-order valence-corrected chi connectivity index (χ1v) is 7.09. The number of thiophene rings is 1. The minimum absolute atomic E-state index is 0.937. The number of rotatable bonds is 5. The van der Waals surface area contributed by atoms with E-state index in [1.165, 1.54) is 21.3 Å². The Morgan fingerprint density at radius 1 is 1.17 bits per heavy atom. The molecule has 0 amide bonds. The average Bonchev–Trinajstić information content (AvgIpc) is 3.05. The second-order valence-corrected chi connectivity index (χ2v) is 5.44. The molecule has 18 heavy (non-hydrogen) atoms. The lowest BCUT2D eigenvalue weighted by atomic mass is 10.1. The summed E-state index contributed by atoms with van der Waals surface area (Å²) in [5.41, 5.74) is 2.55. The molecule has 92 valence electrons. The molecule has 0 spiro atoms. The van der Waals surface area contributed by atoms with Crippen LogP contribution in [-0.2, 0) is 13.0 Å². The number of benzene rings is 1. The summed E-state index contributed by atoms with van der Waals surface area (Å²) >= 11 is 1.83. The summed E-state index contributed by atoms with van der Waals surface area (Å²) in [5, 5.41) is 6.91. The Morgan fingerprint density at radius 3 is 3.06 bits per heavy atom. The zero-order valence-electron chi connectivity index (χ0n) is 10.1. The van der Waals surface area contributed by atoms with Crippen molar-refractivity contribution in [3.05, 3.63) is 58.4 Å². The van der Waals surface area contributed by atoms with Gasteiger partial charge in [-0.1, -0.05) is 12.1 Å². The predicted octanol–water partition coefficient (Wildman–Crippen LogP) is 3.56. The van der Waals surface area contributed by atoms with E-state index >= 15 is 0 Å². The Balaban J connectivity index is 1.53. The van der Waals surface area contributed by atoms with Gasteiger partial charge < -0.3 is 10.3 Å². The summed E-state index contributed by atoms with van der Waals surface area (Å²) in [6, 6.07) is 13.0. The fraction of sp³-hybridized carbons (Fsp3) is 0.200. The first-order chi connectivity index (χ1) is 8.92. The quantitative estimate of drug-likeness (QED) is 0.671. The molecule has 3 heteroatoms. The van der Waals surface area contributed by atoms with Gasteiger partial charge in [0.05, 0.1) is 0 Å². The second-order valence-electron chi connectivity index (χ2n) is 4.41. The van der Waals surface area contributed by atoms with Gasteiger partial charge >= 0.3 is 0 Å². The topological polar surface area (TPSA) is 27.8 Å². The van der Waals surface area contributed by atoms with E-state index in [9.17, 15) is 0 Å². The number of fused-ring (bicyclic) bond motifs is 1. The minimum Gasteiger partial charge on any atom is -0.361 e. The van der Waals surface area contributed by atoms with Crippen molar-refractivity contribution in [3.8, 4) is 0 Å². The van der Waals surface area contributed by atoms with Crippen LogP contribution in [0.25, 0.3) is 10.9 Å². The van der Waals surface area contributed by atoms with Crippen molar-refractivity contribution in [2.24, 2.45) is 0 Å². The van der Waals surface area contributed by atoms with Gasteiger partial charge in [-0.3, -0.25) is 0 Å². The summed E-state index contributed by atoms with van der Waals surface area (Å²) in [5.74, 6) is 0. The smallest absolute Gasteiger partial charge is 0.0454 e. The van der Waals surface area contributed by atoms with Gasteiger partial charge in [0.2, 0.25) is 0 Å². The van der Waals surface area contributed by atoms with Crippen LogP contribution in [-0.4, -0.2) is 11.5 Å². The Hall–Kier alpha value is -1.58. The lowest BCUT2D eigenvalue weighted by Crippen LogP contribution is -2.16. The Bertz CT molecular complexity index is 610. The Labute approximate surface area is 111 Å². The number of nitrogens with one attached hydrogen (secondary N) is 2. The highest BCUT2D eigenvalue weighted by molar-refractivity contribution is 7.09. The third-order valence-electron chi connectivity index (χ3n) is 3.08. The van der Waals surface area contributed by atoms with E-state index in [1.807, 2.05) is 17.5 Å². The summed E-state index contributed by atoms with van der Waals surface area (Å²) < 4.78 is 0. The molecule has 2 aromatic heterocycles. The highest BCUT2D eigenvalue weighted by Gasteiger charge is 1.98. The SMILES string of the molecule is c1csc(CCNCc2ccc3[nH]ccc3c2)c1. The summed E-state index contributed by atoms with van der Waals surface area (Å²) in [6.07, 6.45) is 3.10. The van der Waals surface area contributed by atoms with Gasteiger partial charge in [0, 0.05) is 29.7 Å². The molecule has 2 nitrogen and oxygen atoms in total. The van der Waals surface area contributed by atoms with E-state index in [1.54, 1.807) is 0 Å². The van der Waals surface area contributed by atoms with Gasteiger partial charge in [-0.15, -0.1) is 11.3 Å². The number of aromatic amines is 1. The molecule has 3 aromatic rings. The molecule has 0 bridgehead atoms. The normalized spacial score (nSPS) is 11.1. The zero-order valence-corrected chi connectivity index (χ0v) is 11.0. The summed E-state index contributed by atoms with van der Waals surface area (Å²) in [7, 11) is 0. The van der Waals surface area contributed by atoms with E-state index in [-0.39, 0.29) is 0 Å². The fourth-order valence-corrected chi connectivity index (χ4v) is 2.82. The van der Waals surface area contributed by atoms with Gasteiger partial charge in [0.1, 0.15) is 0 Å². The largest absolute Gasteiger partial charge is 0.361 e. The van der Waals surface area contributed by atoms with Crippen molar-refractivity contribution >= 4 is 22.2 Å². The second kappa shape index (κ2) is 5.38. The van der Waals surface area contributed by atoms with Gasteiger partial charge in [-0.2, -0.15) is 0 Å². The number of aromatic nitrogens is 1. The van der Waals surface area contributed by atoms with E-state index < -0.39 is 0 Å². The fourth-order valence-electron chi connectivity index (χ4n) is 2.11. The molecular formula is C15H16N2S. The van der Waals surface area contributed by atoms with Crippen LogP contribution in [0.5, 0.6) is 0 Å². The molecule has 3 rings (SSSR count). The number of hydrogen-bond donors (Lipinski definition) is 2. The minimum atomic E-state index is 0.937. The number of H-pyrrole nitrogens is 1. The van der Waals surface area contributed by atoms with Crippen LogP contribution < -0.4 is 5.32 Å². The maximum absolute atomic E-state index is 3.49. The molecule has 0 aliphatic rings. The highest BCUT2D eigenvalue weighted by Crippen LogP contribution is 2.14. The van der Waals surface area contributed by atoms with Crippen LogP contribution in [0.15, 0.2) is 48.0 Å². The molecule has 2 N–H and O–H groups in total. The summed E-state index contributed by atoms with van der Waals surface area (Å²) in [4.78, 5) is 4.66. The Morgan fingerprint density at radius 2 is 2.17 bits per heavy atom. The number of hydrogen-bond acceptors (Lipinski definition) is 2. The molecule has 2 heterocycles. The third kappa shape index (κ3) is 2.63. The van der Waals surface area contributed by atoms with Crippen LogP contribution in [0.1, 0.15) is 10.4 Å². The standard InChI is InChI=1S/C15H16N2S/c1-2-14(18-9-1)6-7-16-11-12-3-4-15-13(10-12)5-8-17-15/h1-5,8-10,16-17H,6-7,11H2. The lowest BCUT2D eigenvalue weighted by Gasteiger charge is -2.04. The van der Waals surface area contributed by atoms with Gasteiger partial charge in [-0.05, 0) is 47.0 Å². The maximum Gasteiger partial charge on any atom is 0.0454 e. The van der Waals surface area contributed by atoms with E-state index in [4.69, 9.17) is 0 Å². The maximum atomic E-state index is 3.49. The molecular weight excluding hydrogens is 240 g/mol. The van der Waals surface area contributed by atoms with Crippen molar-refractivity contribution in [3.63, 3.8) is 0 Å². The van der Waals surface area contributed by atoms with Crippen molar-refractivity contribution in [2.45, 2.75) is 13.0 Å². The summed E-state index contributed by atoms with van der Waals surface area (Å²) in [6.45, 7) is 1.97. The molecule has 0 aliphatic heterocycles. The molecule has 1 aromatic carbocycles. The van der Waals surface area contributed by atoms with Crippen molar-refractivity contribution in [1.82, 2.24) is 10.3 Å². The van der Waals surface area contributed by atoms with Crippen molar-refractivity contribution in [2.75, 3.05) is 6.54 Å². The molecule has 0 radical (unpaired) electrons. The zero-order chi connectivity index (χ0) is 12.2. The van der Waals surface area contributed by atoms with Crippen molar-refractivity contribution in [1.29, 1.82) is 0 Å². The van der Waals surface area contributed by atoms with E-state index in [0.717, 1.165) is 19.5 Å². The molecule has 0 saturated carbocycles. The molecule has 0 unspecified atom stereocenters. The van der Waals surface area contributed by atoms with E-state index in [0.29, 0.717) is 0 Å². The molecule has 0 atom stereocenters. The van der Waals surface area contributed by atoms with Crippen LogP contribution in [0, 0.1) is 0 Å². The lowest BCUT2D eigenvalue weighted by molar-refractivity contribution is 0.691. The monoisotopic (exact) mass is 256 g/mol. The van der Waals surface area contributed by atoms with Gasteiger partial charge in [0.25, 0.3) is 0 Å². The highest BCUT2D eigenvalue weighted by atomic mass is 32.1. The Kier molecular flexibility index (Phi) is 3.44. The third-order valence-corrected chi connectivity index (χ3v) is 4.01. The van der Waals surface area contributed by atoms with Gasteiger partial charge in [-0.25, -0.2) is 0 Å². The molecule has 0 fully saturated rings. The molecule has 0 saturated heterocycles. The average molecular weight is 256 g/mol.